The largest absolute Gasteiger partial charge is 0.360 e. The van der Waals surface area contributed by atoms with Crippen molar-refractivity contribution in [2.75, 3.05) is 33.2 Å². The number of nitriles is 1. The van der Waals surface area contributed by atoms with Crippen LogP contribution >= 0.6 is 0 Å². The summed E-state index contributed by atoms with van der Waals surface area (Å²) in [5.74, 6) is 0.577. The van der Waals surface area contributed by atoms with Crippen LogP contribution in [0.5, 0.6) is 0 Å². The Morgan fingerprint density at radius 3 is 2.59 bits per heavy atom. The summed E-state index contributed by atoms with van der Waals surface area (Å²) in [6.07, 6.45) is 3.38. The number of aromatic nitrogens is 2. The molecular weight excluding hydrogens is 276 g/mol. The summed E-state index contributed by atoms with van der Waals surface area (Å²) in [5, 5.41) is 13.5. The Morgan fingerprint density at radius 1 is 1.18 bits per heavy atom. The smallest absolute Gasteiger partial charge is 0.175 e. The second-order valence-electron chi connectivity index (χ2n) is 5.32. The molecule has 0 atom stereocenters. The van der Waals surface area contributed by atoms with Crippen LogP contribution in [0.1, 0.15) is 5.56 Å². The van der Waals surface area contributed by atoms with Crippen LogP contribution < -0.4 is 0 Å². The lowest BCUT2D eigenvalue weighted by molar-refractivity contribution is 0.219. The fraction of sp³-hybridized carbons (Fsp3) is 0.312. The molecule has 22 heavy (non-hydrogen) atoms. The summed E-state index contributed by atoms with van der Waals surface area (Å²) >= 11 is 0. The lowest BCUT2D eigenvalue weighted by Crippen LogP contribution is -2.43. The van der Waals surface area contributed by atoms with Crippen molar-refractivity contribution in [2.45, 2.75) is 0 Å². The number of aliphatic imine (C=N–C) groups is 1. The lowest BCUT2D eigenvalue weighted by Gasteiger charge is -2.30. The summed E-state index contributed by atoms with van der Waals surface area (Å²) < 4.78 is 1.70. The van der Waals surface area contributed by atoms with E-state index in [1.54, 1.807) is 10.9 Å². The van der Waals surface area contributed by atoms with Gasteiger partial charge < -0.3 is 9.80 Å². The zero-order valence-corrected chi connectivity index (χ0v) is 12.6. The molecular formula is C16H18N6. The first-order valence-corrected chi connectivity index (χ1v) is 7.28. The molecule has 0 saturated carbocycles. The van der Waals surface area contributed by atoms with E-state index in [2.05, 4.69) is 33.0 Å². The molecule has 1 aromatic heterocycles. The average molecular weight is 294 g/mol. The molecule has 2 aromatic rings. The van der Waals surface area contributed by atoms with Crippen LogP contribution in [-0.4, -0.2) is 59.1 Å². The van der Waals surface area contributed by atoms with Crippen LogP contribution in [0.2, 0.25) is 0 Å². The molecule has 6 nitrogen and oxygen atoms in total. The molecule has 1 saturated heterocycles. The Bertz CT molecular complexity index is 689. The van der Waals surface area contributed by atoms with Gasteiger partial charge in [0, 0.05) is 26.2 Å². The van der Waals surface area contributed by atoms with Gasteiger partial charge in [0.05, 0.1) is 18.2 Å². The van der Waals surface area contributed by atoms with Crippen molar-refractivity contribution in [3.8, 4) is 11.8 Å². The van der Waals surface area contributed by atoms with Crippen molar-refractivity contribution in [3.63, 3.8) is 0 Å². The molecule has 0 amide bonds. The third-order valence-corrected chi connectivity index (χ3v) is 3.75. The van der Waals surface area contributed by atoms with Gasteiger partial charge in [0.15, 0.2) is 5.82 Å². The van der Waals surface area contributed by atoms with Gasteiger partial charge in [-0.2, -0.15) is 10.4 Å². The first-order valence-electron chi connectivity index (χ1n) is 7.28. The zero-order valence-electron chi connectivity index (χ0n) is 12.6. The molecule has 1 aliphatic rings. The molecule has 1 fully saturated rings. The molecule has 0 spiro atoms. The van der Waals surface area contributed by atoms with E-state index in [0.717, 1.165) is 31.9 Å². The van der Waals surface area contributed by atoms with Crippen molar-refractivity contribution >= 4 is 12.2 Å². The third kappa shape index (κ3) is 3.00. The summed E-state index contributed by atoms with van der Waals surface area (Å²) in [6, 6.07) is 11.9. The van der Waals surface area contributed by atoms with Gasteiger partial charge in [-0.05, 0) is 19.2 Å². The summed E-state index contributed by atoms with van der Waals surface area (Å²) in [6.45, 7) is 3.94. The standard InChI is InChI=1S/C16H18N6/c1-20-7-9-21(10-8-20)13-18-16-14(11-17)12-19-22(16)15-5-3-2-4-6-15/h2-6,12-13H,7-10H2,1H3. The van der Waals surface area contributed by atoms with Crippen LogP contribution in [0, 0.1) is 11.3 Å². The van der Waals surface area contributed by atoms with Gasteiger partial charge in [0.1, 0.15) is 11.6 Å². The van der Waals surface area contributed by atoms with Crippen molar-refractivity contribution in [1.29, 1.82) is 5.26 Å². The number of likely N-dealkylation sites (N-methyl/N-ethyl adjacent to an activating group) is 1. The fourth-order valence-electron chi connectivity index (χ4n) is 2.38. The summed E-state index contributed by atoms with van der Waals surface area (Å²) in [7, 11) is 2.12. The first-order chi connectivity index (χ1) is 10.8. The van der Waals surface area contributed by atoms with Crippen LogP contribution in [0.25, 0.3) is 5.69 Å². The second-order valence-corrected chi connectivity index (χ2v) is 5.32. The number of benzene rings is 1. The van der Waals surface area contributed by atoms with Crippen LogP contribution in [-0.2, 0) is 0 Å². The molecule has 6 heteroatoms. The van der Waals surface area contributed by atoms with E-state index in [-0.39, 0.29) is 0 Å². The topological polar surface area (TPSA) is 60.4 Å². The van der Waals surface area contributed by atoms with E-state index < -0.39 is 0 Å². The van der Waals surface area contributed by atoms with E-state index in [1.165, 1.54) is 0 Å². The highest BCUT2D eigenvalue weighted by molar-refractivity contribution is 5.64. The van der Waals surface area contributed by atoms with E-state index in [0.29, 0.717) is 11.4 Å². The number of piperazine rings is 1. The number of rotatable bonds is 3. The predicted octanol–water partition coefficient (Wildman–Crippen LogP) is 1.65. The maximum absolute atomic E-state index is 9.25. The highest BCUT2D eigenvalue weighted by atomic mass is 15.3. The predicted molar refractivity (Wildman–Crippen MR) is 85.5 cm³/mol. The van der Waals surface area contributed by atoms with Crippen LogP contribution in [0.4, 0.5) is 5.82 Å². The minimum absolute atomic E-state index is 0.481. The number of para-hydroxylation sites is 1. The minimum atomic E-state index is 0.481. The Hall–Kier alpha value is -2.65. The van der Waals surface area contributed by atoms with Gasteiger partial charge in [0.2, 0.25) is 0 Å². The average Bonchev–Trinajstić information content (AvgIpc) is 2.98. The molecule has 0 radical (unpaired) electrons. The Kier molecular flexibility index (Phi) is 4.17. The number of hydrogen-bond acceptors (Lipinski definition) is 4. The fourth-order valence-corrected chi connectivity index (χ4v) is 2.38. The van der Waals surface area contributed by atoms with Crippen molar-refractivity contribution in [1.82, 2.24) is 19.6 Å². The summed E-state index contributed by atoms with van der Waals surface area (Å²) in [5.41, 5.74) is 1.38. The van der Waals surface area contributed by atoms with Crippen LogP contribution in [0.15, 0.2) is 41.5 Å². The van der Waals surface area contributed by atoms with E-state index >= 15 is 0 Å². The van der Waals surface area contributed by atoms with Gasteiger partial charge >= 0.3 is 0 Å². The van der Waals surface area contributed by atoms with Gasteiger partial charge in [-0.25, -0.2) is 9.67 Å². The Morgan fingerprint density at radius 2 is 1.91 bits per heavy atom. The molecule has 3 rings (SSSR count). The zero-order chi connectivity index (χ0) is 15.4. The number of nitrogens with zero attached hydrogens (tertiary/aromatic N) is 6. The monoisotopic (exact) mass is 294 g/mol. The van der Waals surface area contributed by atoms with E-state index in [4.69, 9.17) is 0 Å². The maximum Gasteiger partial charge on any atom is 0.175 e. The quantitative estimate of drug-likeness (QED) is 0.638. The number of hydrogen-bond donors (Lipinski definition) is 0. The van der Waals surface area contributed by atoms with Crippen LogP contribution in [0.3, 0.4) is 0 Å². The first kappa shape index (κ1) is 14.3. The maximum atomic E-state index is 9.25. The summed E-state index contributed by atoms with van der Waals surface area (Å²) in [4.78, 5) is 8.98. The molecule has 0 unspecified atom stereocenters. The normalized spacial score (nSPS) is 16.1. The highest BCUT2D eigenvalue weighted by Crippen LogP contribution is 2.22. The van der Waals surface area contributed by atoms with Gasteiger partial charge in [0.25, 0.3) is 0 Å². The van der Waals surface area contributed by atoms with Crippen molar-refractivity contribution in [3.05, 3.63) is 42.1 Å². The molecule has 0 bridgehead atoms. The van der Waals surface area contributed by atoms with Gasteiger partial charge in [-0.3, -0.25) is 0 Å². The second kappa shape index (κ2) is 6.41. The Labute approximate surface area is 129 Å². The molecule has 1 aromatic carbocycles. The molecule has 1 aliphatic heterocycles. The molecule has 0 N–H and O–H groups in total. The molecule has 2 heterocycles. The minimum Gasteiger partial charge on any atom is -0.360 e. The van der Waals surface area contributed by atoms with Crippen molar-refractivity contribution in [2.24, 2.45) is 4.99 Å². The Balaban J connectivity index is 1.86. The van der Waals surface area contributed by atoms with Gasteiger partial charge in [-0.1, -0.05) is 18.2 Å². The van der Waals surface area contributed by atoms with E-state index in [1.807, 2.05) is 36.7 Å². The lowest BCUT2D eigenvalue weighted by atomic mass is 10.3. The SMILES string of the molecule is CN1CCN(C=Nc2c(C#N)cnn2-c2ccccc2)CC1. The van der Waals surface area contributed by atoms with Gasteiger partial charge in [-0.15, -0.1) is 0 Å². The van der Waals surface area contributed by atoms with Crippen molar-refractivity contribution < 1.29 is 0 Å². The molecule has 112 valence electrons. The highest BCUT2D eigenvalue weighted by Gasteiger charge is 2.13. The third-order valence-electron chi connectivity index (χ3n) is 3.75. The van der Waals surface area contributed by atoms with E-state index in [9.17, 15) is 5.26 Å². The molecule has 0 aliphatic carbocycles.